The number of rotatable bonds is 4. The third-order valence-corrected chi connectivity index (χ3v) is 11.2. The number of benzene rings is 3. The van der Waals surface area contributed by atoms with Gasteiger partial charge in [0.1, 0.15) is 0 Å². The minimum atomic E-state index is -4.64. The summed E-state index contributed by atoms with van der Waals surface area (Å²) in [7, 11) is -6.63. The molecule has 4 nitrogen and oxygen atoms in total. The Labute approximate surface area is 172 Å². The average Bonchev–Trinajstić information content (AvgIpc) is 3.25. The van der Waals surface area contributed by atoms with Crippen LogP contribution in [-0.4, -0.2) is 20.3 Å². The van der Waals surface area contributed by atoms with Crippen molar-refractivity contribution in [1.82, 2.24) is 0 Å². The van der Waals surface area contributed by atoms with E-state index in [1.807, 2.05) is 0 Å². The Bertz CT molecular complexity index is 816. The molecule has 1 aliphatic rings. The van der Waals surface area contributed by atoms with Crippen LogP contribution in [-0.2, 0) is 4.57 Å². The van der Waals surface area contributed by atoms with E-state index in [1.54, 1.807) is 15.9 Å². The summed E-state index contributed by atoms with van der Waals surface area (Å²) >= 11 is 0. The Morgan fingerprint density at radius 2 is 0.897 bits per heavy atom. The Morgan fingerprint density at radius 1 is 0.621 bits per heavy atom. The molecule has 3 aromatic rings. The fourth-order valence-electron chi connectivity index (χ4n) is 4.67. The molecular weight excluding hydrogens is 402 g/mol. The molecule has 29 heavy (non-hydrogen) atoms. The van der Waals surface area contributed by atoms with Crippen molar-refractivity contribution >= 4 is 31.0 Å². The molecule has 0 aliphatic heterocycles. The van der Waals surface area contributed by atoms with Gasteiger partial charge in [0.2, 0.25) is 0 Å². The number of hydrogen-bond acceptors (Lipinski definition) is 1. The van der Waals surface area contributed by atoms with Crippen molar-refractivity contribution in [1.29, 1.82) is 0 Å². The zero-order valence-electron chi connectivity index (χ0n) is 16.3. The van der Waals surface area contributed by atoms with Crippen LogP contribution in [0.4, 0.5) is 0 Å². The standard InChI is InChI=1S/C23H25P.H3O4P/c1-4-12-20(13-5-1)24(23-18-10-11-19-23,21-14-6-2-7-15-21)22-16-8-3-9-17-22;1-5(2,3)4/h1-9,12-17,23-24H,10-11,18-19H2;(H3,1,2,3,4). The molecule has 0 unspecified atom stereocenters. The zero-order chi connectivity index (χ0) is 20.7. The molecule has 0 bridgehead atoms. The molecule has 4 rings (SSSR count). The molecule has 0 spiro atoms. The van der Waals surface area contributed by atoms with Gasteiger partial charge in [-0.25, -0.2) is 4.57 Å². The normalized spacial score (nSPS) is 15.4. The fourth-order valence-corrected chi connectivity index (χ4v) is 10.5. The molecule has 0 aromatic heterocycles. The van der Waals surface area contributed by atoms with E-state index in [2.05, 4.69) is 91.0 Å². The van der Waals surface area contributed by atoms with Crippen LogP contribution in [0, 0.1) is 0 Å². The molecule has 3 N–H and O–H groups in total. The van der Waals surface area contributed by atoms with E-state index in [-0.39, 0.29) is 0 Å². The summed E-state index contributed by atoms with van der Waals surface area (Å²) in [6, 6.07) is 34.0. The van der Waals surface area contributed by atoms with Gasteiger partial charge in [-0.3, -0.25) is 0 Å². The van der Waals surface area contributed by atoms with Gasteiger partial charge in [0.15, 0.2) is 0 Å². The van der Waals surface area contributed by atoms with Gasteiger partial charge in [0, 0.05) is 0 Å². The van der Waals surface area contributed by atoms with Crippen molar-refractivity contribution in [2.45, 2.75) is 31.3 Å². The molecule has 1 fully saturated rings. The van der Waals surface area contributed by atoms with Crippen molar-refractivity contribution in [3.63, 3.8) is 0 Å². The van der Waals surface area contributed by atoms with E-state index in [0.29, 0.717) is 0 Å². The molecule has 1 aliphatic carbocycles. The van der Waals surface area contributed by atoms with Crippen LogP contribution in [0.5, 0.6) is 0 Å². The first-order valence-corrected chi connectivity index (χ1v) is 13.5. The van der Waals surface area contributed by atoms with Gasteiger partial charge in [-0.2, -0.15) is 0 Å². The monoisotopic (exact) mass is 430 g/mol. The van der Waals surface area contributed by atoms with Crippen molar-refractivity contribution in [3.8, 4) is 0 Å². The molecule has 0 amide bonds. The van der Waals surface area contributed by atoms with Crippen LogP contribution in [0.1, 0.15) is 25.7 Å². The van der Waals surface area contributed by atoms with Gasteiger partial charge in [0.25, 0.3) is 0 Å². The number of hydrogen-bond donors (Lipinski definition) is 3. The minimum absolute atomic E-state index is 0.796. The fraction of sp³-hybridized carbons (Fsp3) is 0.217. The van der Waals surface area contributed by atoms with Gasteiger partial charge in [0.05, 0.1) is 0 Å². The Balaban J connectivity index is 0.000000431. The van der Waals surface area contributed by atoms with E-state index in [1.165, 1.54) is 25.7 Å². The van der Waals surface area contributed by atoms with E-state index < -0.39 is 15.1 Å². The Hall–Kier alpha value is -1.80. The van der Waals surface area contributed by atoms with Crippen LogP contribution < -0.4 is 15.9 Å². The van der Waals surface area contributed by atoms with E-state index >= 15 is 0 Å². The molecule has 1 saturated carbocycles. The van der Waals surface area contributed by atoms with Crippen LogP contribution in [0.3, 0.4) is 0 Å². The van der Waals surface area contributed by atoms with Crippen LogP contribution >= 0.6 is 15.1 Å². The summed E-state index contributed by atoms with van der Waals surface area (Å²) in [6.45, 7) is 0. The summed E-state index contributed by atoms with van der Waals surface area (Å²) in [5, 5.41) is 4.69. The topological polar surface area (TPSA) is 77.8 Å². The SMILES string of the molecule is O=P(O)(O)O.c1ccc([PH](c2ccccc2)(c2ccccc2)C2CCCC2)cc1. The summed E-state index contributed by atoms with van der Waals surface area (Å²) in [5.74, 6) is 0. The molecule has 6 heteroatoms. The van der Waals surface area contributed by atoms with Gasteiger partial charge < -0.3 is 14.7 Å². The van der Waals surface area contributed by atoms with E-state index in [9.17, 15) is 0 Å². The summed E-state index contributed by atoms with van der Waals surface area (Å²) < 4.78 is 8.88. The first kappa shape index (κ1) is 21.9. The Kier molecular flexibility index (Phi) is 7.40. The predicted octanol–water partition coefficient (Wildman–Crippen LogP) is 3.73. The van der Waals surface area contributed by atoms with Crippen molar-refractivity contribution in [3.05, 3.63) is 91.0 Å². The van der Waals surface area contributed by atoms with E-state index in [0.717, 1.165) is 5.66 Å². The predicted molar refractivity (Wildman–Crippen MR) is 123 cm³/mol. The molecule has 0 atom stereocenters. The van der Waals surface area contributed by atoms with E-state index in [4.69, 9.17) is 19.2 Å². The second kappa shape index (κ2) is 9.80. The second-order valence-electron chi connectivity index (χ2n) is 7.40. The third kappa shape index (κ3) is 5.42. The molecule has 154 valence electrons. The molecule has 0 radical (unpaired) electrons. The quantitative estimate of drug-likeness (QED) is 0.552. The number of phosphoric acid groups is 1. The average molecular weight is 430 g/mol. The summed E-state index contributed by atoms with van der Waals surface area (Å²) in [5.41, 5.74) is 0.796. The van der Waals surface area contributed by atoms with Crippen molar-refractivity contribution in [2.75, 3.05) is 0 Å². The molecule has 3 aromatic carbocycles. The second-order valence-corrected chi connectivity index (χ2v) is 12.6. The van der Waals surface area contributed by atoms with Gasteiger partial charge in [-0.15, -0.1) is 0 Å². The van der Waals surface area contributed by atoms with Crippen LogP contribution in [0.25, 0.3) is 0 Å². The summed E-state index contributed by atoms with van der Waals surface area (Å²) in [6.07, 6.45) is 5.49. The van der Waals surface area contributed by atoms with Crippen molar-refractivity contribution in [2.24, 2.45) is 0 Å². The van der Waals surface area contributed by atoms with Crippen molar-refractivity contribution < 1.29 is 19.2 Å². The molecule has 0 saturated heterocycles. The zero-order valence-corrected chi connectivity index (χ0v) is 18.2. The summed E-state index contributed by atoms with van der Waals surface area (Å²) in [4.78, 5) is 21.6. The Morgan fingerprint density at radius 3 is 1.17 bits per heavy atom. The molecule has 0 heterocycles. The molecular formula is C23H28O4P2. The maximum atomic E-state index is 8.88. The first-order chi connectivity index (χ1) is 13.9. The maximum absolute atomic E-state index is 8.88. The van der Waals surface area contributed by atoms with Gasteiger partial charge >= 0.3 is 153 Å². The third-order valence-electron chi connectivity index (χ3n) is 5.65. The van der Waals surface area contributed by atoms with Crippen LogP contribution in [0.2, 0.25) is 0 Å². The van der Waals surface area contributed by atoms with Gasteiger partial charge in [-0.1, -0.05) is 0 Å². The first-order valence-electron chi connectivity index (χ1n) is 9.87. The van der Waals surface area contributed by atoms with Crippen LogP contribution in [0.15, 0.2) is 91.0 Å². The van der Waals surface area contributed by atoms with Gasteiger partial charge in [-0.05, 0) is 0 Å².